The van der Waals surface area contributed by atoms with E-state index >= 15 is 0 Å². The number of thioether (sulfide) groups is 1. The number of carbonyl (C=O) groups is 1. The minimum Gasteiger partial charge on any atom is -0.461 e. The van der Waals surface area contributed by atoms with E-state index in [2.05, 4.69) is 10.2 Å². The summed E-state index contributed by atoms with van der Waals surface area (Å²) in [6.45, 7) is 4.16. The Labute approximate surface area is 156 Å². The van der Waals surface area contributed by atoms with Gasteiger partial charge >= 0.3 is 0 Å². The average molecular weight is 399 g/mol. The lowest BCUT2D eigenvalue weighted by molar-refractivity contribution is -0.131. The second-order valence-corrected chi connectivity index (χ2v) is 9.82. The lowest BCUT2D eigenvalue weighted by Crippen LogP contribution is -2.44. The Morgan fingerprint density at radius 3 is 2.85 bits per heavy atom. The molecule has 2 atom stereocenters. The van der Waals surface area contributed by atoms with Gasteiger partial charge in [0, 0.05) is 19.6 Å². The number of furan rings is 1. The van der Waals surface area contributed by atoms with Crippen molar-refractivity contribution in [1.82, 2.24) is 19.7 Å². The fraction of sp³-hybridized carbons (Fsp3) is 0.562. The van der Waals surface area contributed by atoms with Crippen molar-refractivity contribution >= 4 is 27.5 Å². The van der Waals surface area contributed by atoms with E-state index in [-0.39, 0.29) is 23.5 Å². The van der Waals surface area contributed by atoms with Gasteiger partial charge in [-0.1, -0.05) is 11.8 Å². The van der Waals surface area contributed by atoms with Crippen molar-refractivity contribution in [1.29, 1.82) is 0 Å². The molecule has 3 heterocycles. The van der Waals surface area contributed by atoms with Crippen LogP contribution in [0.2, 0.25) is 0 Å². The monoisotopic (exact) mass is 398 g/mol. The second kappa shape index (κ2) is 7.43. The van der Waals surface area contributed by atoms with E-state index in [1.807, 2.05) is 14.0 Å². The lowest BCUT2D eigenvalue weighted by Gasteiger charge is -2.29. The molecule has 10 heteroatoms. The molecule has 0 N–H and O–H groups in total. The van der Waals surface area contributed by atoms with E-state index in [9.17, 15) is 13.2 Å². The Bertz CT molecular complexity index is 876. The topological polar surface area (TPSA) is 98.3 Å². The molecule has 1 saturated heterocycles. The molecular formula is C16H22N4O4S2. The van der Waals surface area contributed by atoms with Crippen molar-refractivity contribution in [3.05, 3.63) is 18.4 Å². The summed E-state index contributed by atoms with van der Waals surface area (Å²) in [6.07, 6.45) is 2.07. The SMILES string of the molecule is CCN(C(=O)[C@H](C)Sc1nnc(-c2ccco2)n1C)[C@@H]1CCS(=O)(=O)C1. The van der Waals surface area contributed by atoms with Crippen molar-refractivity contribution < 1.29 is 17.6 Å². The van der Waals surface area contributed by atoms with Crippen molar-refractivity contribution in [2.45, 2.75) is 36.7 Å². The third-order valence-electron chi connectivity index (χ3n) is 4.48. The fourth-order valence-corrected chi connectivity index (χ4v) is 5.71. The van der Waals surface area contributed by atoms with Crippen molar-refractivity contribution in [2.24, 2.45) is 7.05 Å². The van der Waals surface area contributed by atoms with Crippen LogP contribution in [0.15, 0.2) is 28.0 Å². The normalized spacial score (nSPS) is 20.2. The highest BCUT2D eigenvalue weighted by atomic mass is 32.2. The number of hydrogen-bond donors (Lipinski definition) is 0. The Balaban J connectivity index is 1.71. The second-order valence-electron chi connectivity index (χ2n) is 6.28. The number of aromatic nitrogens is 3. The summed E-state index contributed by atoms with van der Waals surface area (Å²) in [5, 5.41) is 8.48. The smallest absolute Gasteiger partial charge is 0.236 e. The van der Waals surface area contributed by atoms with Gasteiger partial charge in [0.2, 0.25) is 5.91 Å². The van der Waals surface area contributed by atoms with Crippen molar-refractivity contribution in [2.75, 3.05) is 18.1 Å². The van der Waals surface area contributed by atoms with Crippen LogP contribution in [0.3, 0.4) is 0 Å². The van der Waals surface area contributed by atoms with Gasteiger partial charge in [-0.05, 0) is 32.4 Å². The first-order valence-electron chi connectivity index (χ1n) is 8.43. The summed E-state index contributed by atoms with van der Waals surface area (Å²) in [7, 11) is -1.22. The molecule has 0 unspecified atom stereocenters. The molecule has 1 aliphatic heterocycles. The van der Waals surface area contributed by atoms with Gasteiger partial charge in [-0.3, -0.25) is 4.79 Å². The average Bonchev–Trinajstić information content (AvgIpc) is 3.30. The number of sulfone groups is 1. The molecule has 3 rings (SSSR count). The largest absolute Gasteiger partial charge is 0.461 e. The number of carbonyl (C=O) groups excluding carboxylic acids is 1. The van der Waals surface area contributed by atoms with Gasteiger partial charge in [0.1, 0.15) is 0 Å². The summed E-state index contributed by atoms with van der Waals surface area (Å²) in [4.78, 5) is 14.5. The minimum absolute atomic E-state index is 0.0522. The molecule has 0 spiro atoms. The van der Waals surface area contributed by atoms with Crippen LogP contribution in [-0.2, 0) is 21.7 Å². The maximum atomic E-state index is 12.9. The summed E-state index contributed by atoms with van der Waals surface area (Å²) in [5.74, 6) is 1.32. The first-order chi connectivity index (χ1) is 12.3. The molecule has 0 saturated carbocycles. The van der Waals surface area contributed by atoms with E-state index in [0.717, 1.165) is 0 Å². The molecule has 1 aliphatic rings. The highest BCUT2D eigenvalue weighted by Crippen LogP contribution is 2.28. The summed E-state index contributed by atoms with van der Waals surface area (Å²) in [6, 6.07) is 3.34. The predicted octanol–water partition coefficient (Wildman–Crippen LogP) is 1.59. The molecule has 142 valence electrons. The van der Waals surface area contributed by atoms with Crippen LogP contribution < -0.4 is 0 Å². The number of rotatable bonds is 6. The molecule has 26 heavy (non-hydrogen) atoms. The summed E-state index contributed by atoms with van der Waals surface area (Å²) >= 11 is 1.31. The van der Waals surface area contributed by atoms with E-state index in [0.29, 0.717) is 29.7 Å². The number of hydrogen-bond acceptors (Lipinski definition) is 7. The van der Waals surface area contributed by atoms with Crippen LogP contribution in [0.4, 0.5) is 0 Å². The molecule has 1 fully saturated rings. The third-order valence-corrected chi connectivity index (χ3v) is 7.35. The van der Waals surface area contributed by atoms with Crippen molar-refractivity contribution in [3.63, 3.8) is 0 Å². The Hall–Kier alpha value is -1.81. The molecule has 0 radical (unpaired) electrons. The Morgan fingerprint density at radius 2 is 2.27 bits per heavy atom. The van der Waals surface area contributed by atoms with Crippen LogP contribution >= 0.6 is 11.8 Å². The van der Waals surface area contributed by atoms with Gasteiger partial charge in [-0.25, -0.2) is 8.42 Å². The maximum absolute atomic E-state index is 12.9. The molecule has 0 aliphatic carbocycles. The zero-order valence-electron chi connectivity index (χ0n) is 15.0. The lowest BCUT2D eigenvalue weighted by atomic mass is 10.2. The van der Waals surface area contributed by atoms with E-state index in [4.69, 9.17) is 4.42 Å². The van der Waals surface area contributed by atoms with Gasteiger partial charge < -0.3 is 13.9 Å². The number of amides is 1. The molecule has 0 aromatic carbocycles. The quantitative estimate of drug-likeness (QED) is 0.682. The standard InChI is InChI=1S/C16H22N4O4S2/c1-4-20(12-7-9-26(22,23)10-12)15(21)11(2)25-16-18-17-14(19(16)3)13-6-5-8-24-13/h5-6,8,11-12H,4,7,9-10H2,1-3H3/t11-,12+/m0/s1. The van der Waals surface area contributed by atoms with Crippen LogP contribution in [0, 0.1) is 0 Å². The summed E-state index contributed by atoms with van der Waals surface area (Å²) in [5.41, 5.74) is 0. The Kier molecular flexibility index (Phi) is 5.42. The van der Waals surface area contributed by atoms with E-state index < -0.39 is 15.1 Å². The Morgan fingerprint density at radius 1 is 1.50 bits per heavy atom. The zero-order valence-corrected chi connectivity index (χ0v) is 16.6. The minimum atomic E-state index is -3.03. The van der Waals surface area contributed by atoms with Gasteiger partial charge in [0.05, 0.1) is 23.0 Å². The van der Waals surface area contributed by atoms with Gasteiger partial charge in [-0.2, -0.15) is 0 Å². The van der Waals surface area contributed by atoms with Crippen molar-refractivity contribution in [3.8, 4) is 11.6 Å². The molecule has 0 bridgehead atoms. The number of nitrogens with zero attached hydrogens (tertiary/aromatic N) is 4. The van der Waals surface area contributed by atoms with Crippen LogP contribution in [0.25, 0.3) is 11.6 Å². The van der Waals surface area contributed by atoms with Gasteiger partial charge in [0.25, 0.3) is 0 Å². The molecule has 8 nitrogen and oxygen atoms in total. The molecular weight excluding hydrogens is 376 g/mol. The third kappa shape index (κ3) is 3.80. The van der Waals surface area contributed by atoms with E-state index in [1.165, 1.54) is 11.8 Å². The zero-order chi connectivity index (χ0) is 18.9. The summed E-state index contributed by atoms with van der Waals surface area (Å²) < 4.78 is 30.6. The van der Waals surface area contributed by atoms with Gasteiger partial charge in [-0.15, -0.1) is 10.2 Å². The first kappa shape index (κ1) is 19.0. The van der Waals surface area contributed by atoms with Crippen LogP contribution in [0.1, 0.15) is 20.3 Å². The fourth-order valence-electron chi connectivity index (χ4n) is 3.10. The maximum Gasteiger partial charge on any atom is 0.236 e. The molecule has 2 aromatic heterocycles. The van der Waals surface area contributed by atoms with E-state index in [1.54, 1.807) is 34.8 Å². The highest BCUT2D eigenvalue weighted by molar-refractivity contribution is 8.00. The van der Waals surface area contributed by atoms with Crippen LogP contribution in [-0.4, -0.2) is 63.3 Å². The molecule has 1 amide bonds. The first-order valence-corrected chi connectivity index (χ1v) is 11.1. The predicted molar refractivity (Wildman–Crippen MR) is 98.5 cm³/mol. The molecule has 2 aromatic rings. The highest BCUT2D eigenvalue weighted by Gasteiger charge is 2.35. The van der Waals surface area contributed by atoms with Gasteiger partial charge in [0.15, 0.2) is 26.6 Å². The van der Waals surface area contributed by atoms with Crippen LogP contribution in [0.5, 0.6) is 0 Å².